The monoisotopic (exact) mass is 200 g/mol. The third kappa shape index (κ3) is 1.65. The summed E-state index contributed by atoms with van der Waals surface area (Å²) in [4.78, 5) is 13.2. The van der Waals surface area contributed by atoms with E-state index in [1.807, 2.05) is 0 Å². The van der Waals surface area contributed by atoms with Crippen LogP contribution in [0.1, 0.15) is 6.42 Å². The summed E-state index contributed by atoms with van der Waals surface area (Å²) in [6.45, 7) is 1.94. The topological polar surface area (TPSA) is 48.0 Å². The van der Waals surface area contributed by atoms with Crippen molar-refractivity contribution in [1.82, 2.24) is 4.81 Å². The number of rotatable bonds is 3. The molecule has 14 heavy (non-hydrogen) atoms. The second-order valence-corrected chi connectivity index (χ2v) is 3.72. The maximum Gasteiger partial charge on any atom is 0.318 e. The molecule has 0 aromatic rings. The van der Waals surface area contributed by atoms with Crippen LogP contribution in [0, 0.1) is 0 Å². The maximum absolute atomic E-state index is 11.0. The van der Waals surface area contributed by atoms with Gasteiger partial charge in [-0.1, -0.05) is 0 Å². The lowest BCUT2D eigenvalue weighted by Gasteiger charge is -2.35. The van der Waals surface area contributed by atoms with E-state index >= 15 is 0 Å². The molecule has 2 aliphatic heterocycles. The van der Waals surface area contributed by atoms with Crippen molar-refractivity contribution in [3.63, 3.8) is 0 Å². The molecule has 80 valence electrons. The van der Waals surface area contributed by atoms with Gasteiger partial charge in [0.15, 0.2) is 0 Å². The molecule has 0 aromatic heterocycles. The zero-order valence-corrected chi connectivity index (χ0v) is 8.40. The van der Waals surface area contributed by atoms with E-state index < -0.39 is 6.69 Å². The minimum atomic E-state index is -1.31. The predicted molar refractivity (Wildman–Crippen MR) is 50.7 cm³/mol. The van der Waals surface area contributed by atoms with Crippen LogP contribution in [0.2, 0.25) is 6.32 Å². The Kier molecular flexibility index (Phi) is 2.76. The van der Waals surface area contributed by atoms with Gasteiger partial charge in [0.05, 0.1) is 7.11 Å². The van der Waals surface area contributed by atoms with Crippen LogP contribution in [0.5, 0.6) is 0 Å². The number of esters is 1. The number of hydrogen-bond donors (Lipinski definition) is 0. The number of hydrogen-bond acceptors (Lipinski definition) is 5. The largest absolute Gasteiger partial charge is 0.554 e. The molecule has 2 aliphatic rings. The van der Waals surface area contributed by atoms with E-state index in [1.165, 1.54) is 7.11 Å². The average molecular weight is 200 g/mol. The highest BCUT2D eigenvalue weighted by atomic mass is 16.6. The van der Waals surface area contributed by atoms with E-state index in [4.69, 9.17) is 9.31 Å². The van der Waals surface area contributed by atoms with E-state index in [9.17, 15) is 4.79 Å². The highest BCUT2D eigenvalue weighted by Gasteiger charge is 2.42. The van der Waals surface area contributed by atoms with Gasteiger partial charge in [0, 0.05) is 19.6 Å². The van der Waals surface area contributed by atoms with Crippen LogP contribution in [-0.4, -0.2) is 50.9 Å². The number of nitrogens with zero attached hydrogens (tertiary/aromatic N) is 1. The standard InChI is InChI=1S/C8H15BNO4/c1-12-8(11)2-3-9-10(4-6-13-9)5-7-14-9/h2-7H2,1H3/q-1. The normalized spacial score (nSPS) is 24.9. The van der Waals surface area contributed by atoms with Gasteiger partial charge in [-0.3, -0.25) is 4.79 Å². The van der Waals surface area contributed by atoms with Crippen molar-refractivity contribution < 1.29 is 18.8 Å². The zero-order chi connectivity index (χ0) is 10.0. The molecule has 0 unspecified atom stereocenters. The lowest BCUT2D eigenvalue weighted by atomic mass is 9.66. The Morgan fingerprint density at radius 1 is 1.43 bits per heavy atom. The van der Waals surface area contributed by atoms with E-state index in [0.29, 0.717) is 26.0 Å². The van der Waals surface area contributed by atoms with Gasteiger partial charge < -0.3 is 18.9 Å². The number of carbonyl (C=O) groups is 1. The Balaban J connectivity index is 1.91. The molecule has 6 heteroatoms. The SMILES string of the molecule is COC(=O)CC[B-]12OCCN1CCO2. The van der Waals surface area contributed by atoms with E-state index in [1.54, 1.807) is 0 Å². The molecule has 0 radical (unpaired) electrons. The van der Waals surface area contributed by atoms with Crippen LogP contribution in [0.15, 0.2) is 0 Å². The average Bonchev–Trinajstić information content (AvgIpc) is 2.72. The summed E-state index contributed by atoms with van der Waals surface area (Å²) in [5.74, 6) is -0.202. The lowest BCUT2D eigenvalue weighted by molar-refractivity contribution is -0.140. The molecule has 0 aromatic carbocycles. The van der Waals surface area contributed by atoms with Crippen molar-refractivity contribution in [2.24, 2.45) is 0 Å². The van der Waals surface area contributed by atoms with Crippen LogP contribution in [-0.2, 0) is 18.8 Å². The molecule has 2 heterocycles. The Hall–Kier alpha value is -0.585. The zero-order valence-electron chi connectivity index (χ0n) is 8.40. The van der Waals surface area contributed by atoms with Crippen molar-refractivity contribution in [2.75, 3.05) is 33.4 Å². The Labute approximate surface area is 83.3 Å². The van der Waals surface area contributed by atoms with Crippen molar-refractivity contribution in [3.05, 3.63) is 0 Å². The first-order chi connectivity index (χ1) is 6.77. The van der Waals surface area contributed by atoms with Crippen molar-refractivity contribution >= 4 is 12.7 Å². The van der Waals surface area contributed by atoms with Crippen LogP contribution in [0.25, 0.3) is 0 Å². The van der Waals surface area contributed by atoms with Gasteiger partial charge in [-0.15, -0.1) is 6.32 Å². The fraction of sp³-hybridized carbons (Fsp3) is 0.875. The summed E-state index contributed by atoms with van der Waals surface area (Å²) >= 11 is 0. The molecule has 2 saturated heterocycles. The molecular formula is C8H15BNO4-. The second kappa shape index (κ2) is 3.88. The van der Waals surface area contributed by atoms with Crippen LogP contribution in [0.3, 0.4) is 0 Å². The summed E-state index contributed by atoms with van der Waals surface area (Å²) in [5.41, 5.74) is 0. The molecule has 0 spiro atoms. The highest BCUT2D eigenvalue weighted by Crippen LogP contribution is 2.29. The first-order valence-electron chi connectivity index (χ1n) is 5.02. The number of ether oxygens (including phenoxy) is 1. The minimum absolute atomic E-state index is 0.202. The van der Waals surface area contributed by atoms with Gasteiger partial charge in [0.2, 0.25) is 0 Å². The fourth-order valence-electron chi connectivity index (χ4n) is 2.22. The summed E-state index contributed by atoms with van der Waals surface area (Å²) in [6.07, 6.45) is 0.986. The summed E-state index contributed by atoms with van der Waals surface area (Å²) < 4.78 is 15.8. The first-order valence-corrected chi connectivity index (χ1v) is 5.02. The summed E-state index contributed by atoms with van der Waals surface area (Å²) in [7, 11) is 1.40. The first kappa shape index (κ1) is 9.95. The van der Waals surface area contributed by atoms with Crippen molar-refractivity contribution in [3.8, 4) is 0 Å². The second-order valence-electron chi connectivity index (χ2n) is 3.72. The molecule has 0 N–H and O–H groups in total. The minimum Gasteiger partial charge on any atom is -0.554 e. The third-order valence-electron chi connectivity index (χ3n) is 3.01. The molecule has 0 saturated carbocycles. The lowest BCUT2D eigenvalue weighted by Crippen LogP contribution is -2.47. The Morgan fingerprint density at radius 3 is 2.64 bits per heavy atom. The van der Waals surface area contributed by atoms with Gasteiger partial charge in [0.25, 0.3) is 0 Å². The smallest absolute Gasteiger partial charge is 0.318 e. The molecular weight excluding hydrogens is 185 g/mol. The van der Waals surface area contributed by atoms with Gasteiger partial charge >= 0.3 is 12.7 Å². The molecule has 0 amide bonds. The third-order valence-corrected chi connectivity index (χ3v) is 3.01. The van der Waals surface area contributed by atoms with E-state index in [-0.39, 0.29) is 5.97 Å². The van der Waals surface area contributed by atoms with Gasteiger partial charge in [0.1, 0.15) is 0 Å². The molecule has 5 nitrogen and oxygen atoms in total. The Bertz CT molecular complexity index is 225. The van der Waals surface area contributed by atoms with Crippen molar-refractivity contribution in [2.45, 2.75) is 12.7 Å². The quantitative estimate of drug-likeness (QED) is 0.468. The van der Waals surface area contributed by atoms with E-state index in [2.05, 4.69) is 9.55 Å². The molecule has 2 fully saturated rings. The molecule has 2 rings (SSSR count). The predicted octanol–water partition coefficient (Wildman–Crippen LogP) is -0.149. The number of fused-ring (bicyclic) bond motifs is 1. The fourth-order valence-corrected chi connectivity index (χ4v) is 2.22. The number of carbonyl (C=O) groups excluding carboxylic acids is 1. The summed E-state index contributed by atoms with van der Waals surface area (Å²) in [5, 5.41) is 0. The Morgan fingerprint density at radius 2 is 2.07 bits per heavy atom. The van der Waals surface area contributed by atoms with Crippen LogP contribution in [0.4, 0.5) is 0 Å². The molecule has 0 aliphatic carbocycles. The van der Waals surface area contributed by atoms with Gasteiger partial charge in [-0.25, -0.2) is 0 Å². The van der Waals surface area contributed by atoms with Crippen LogP contribution >= 0.6 is 0 Å². The van der Waals surface area contributed by atoms with Gasteiger partial charge in [-0.05, 0) is 13.1 Å². The van der Waals surface area contributed by atoms with Crippen molar-refractivity contribution in [1.29, 1.82) is 0 Å². The molecule has 0 atom stereocenters. The van der Waals surface area contributed by atoms with Crippen LogP contribution < -0.4 is 0 Å². The molecule has 0 bridgehead atoms. The highest BCUT2D eigenvalue weighted by molar-refractivity contribution is 6.65. The summed E-state index contributed by atoms with van der Waals surface area (Å²) in [6, 6.07) is 0. The van der Waals surface area contributed by atoms with Gasteiger partial charge in [-0.2, -0.15) is 0 Å². The number of methoxy groups -OCH3 is 1. The van der Waals surface area contributed by atoms with E-state index in [0.717, 1.165) is 13.1 Å². The maximum atomic E-state index is 11.0.